The lowest BCUT2D eigenvalue weighted by atomic mass is 10.2. The Morgan fingerprint density at radius 1 is 1.58 bits per heavy atom. The van der Waals surface area contributed by atoms with Crippen LogP contribution < -0.4 is 10.5 Å². The van der Waals surface area contributed by atoms with Crippen molar-refractivity contribution in [2.45, 2.75) is 25.4 Å². The molecule has 0 spiro atoms. The van der Waals surface area contributed by atoms with E-state index >= 15 is 0 Å². The van der Waals surface area contributed by atoms with Crippen LogP contribution in [-0.2, 0) is 6.54 Å². The first-order chi connectivity index (χ1) is 9.10. The molecular weight excluding hydrogens is 266 g/mol. The van der Waals surface area contributed by atoms with Gasteiger partial charge in [-0.3, -0.25) is 4.90 Å². The molecule has 19 heavy (non-hydrogen) atoms. The van der Waals surface area contributed by atoms with Gasteiger partial charge in [0.25, 0.3) is 0 Å². The van der Waals surface area contributed by atoms with Crippen LogP contribution in [0.4, 0.5) is 4.79 Å². The summed E-state index contributed by atoms with van der Waals surface area (Å²) in [5.41, 5.74) is 5.79. The molecule has 1 aliphatic carbocycles. The second kappa shape index (κ2) is 5.91. The molecule has 1 amide bonds. The Hall–Kier alpha value is -1.77. The molecule has 100 valence electrons. The van der Waals surface area contributed by atoms with E-state index in [1.54, 1.807) is 18.2 Å². The van der Waals surface area contributed by atoms with Gasteiger partial charge in [0.15, 0.2) is 0 Å². The fourth-order valence-electron chi connectivity index (χ4n) is 1.94. The molecule has 2 rings (SSSR count). The van der Waals surface area contributed by atoms with Gasteiger partial charge >= 0.3 is 6.09 Å². The van der Waals surface area contributed by atoms with E-state index in [2.05, 4.69) is 6.07 Å². The molecule has 6 heteroatoms. The molecule has 0 unspecified atom stereocenters. The number of hydrogen-bond acceptors (Lipinski definition) is 4. The van der Waals surface area contributed by atoms with E-state index in [1.807, 2.05) is 4.90 Å². The molecule has 0 aromatic heterocycles. The fourth-order valence-corrected chi connectivity index (χ4v) is 2.14. The third kappa shape index (κ3) is 3.85. The molecule has 1 saturated carbocycles. The summed E-state index contributed by atoms with van der Waals surface area (Å²) >= 11 is 5.95. The molecular formula is C13H14ClN3O2. The summed E-state index contributed by atoms with van der Waals surface area (Å²) in [4.78, 5) is 12.9. The Bertz CT molecular complexity index is 523. The predicted octanol–water partition coefficient (Wildman–Crippen LogP) is 2.29. The number of carbonyl (C=O) groups excluding carboxylic acids is 1. The van der Waals surface area contributed by atoms with Crippen molar-refractivity contribution in [3.8, 4) is 11.8 Å². The van der Waals surface area contributed by atoms with Crippen molar-refractivity contribution in [3.05, 3.63) is 28.8 Å². The third-order valence-corrected chi connectivity index (χ3v) is 3.18. The minimum atomic E-state index is -0.859. The van der Waals surface area contributed by atoms with Crippen molar-refractivity contribution in [1.82, 2.24) is 4.90 Å². The molecule has 2 N–H and O–H groups in total. The van der Waals surface area contributed by atoms with Gasteiger partial charge in [0.1, 0.15) is 5.75 Å². The number of nitrogens with zero attached hydrogens (tertiary/aromatic N) is 2. The Morgan fingerprint density at radius 2 is 2.32 bits per heavy atom. The zero-order valence-corrected chi connectivity index (χ0v) is 11.1. The lowest BCUT2D eigenvalue weighted by Crippen LogP contribution is -2.26. The number of benzene rings is 1. The zero-order valence-electron chi connectivity index (χ0n) is 10.3. The van der Waals surface area contributed by atoms with E-state index in [1.165, 1.54) is 0 Å². The van der Waals surface area contributed by atoms with E-state index in [0.717, 1.165) is 18.4 Å². The SMILES string of the molecule is N#CCN(Cc1cc(Cl)ccc1OC(N)=O)C1CC1. The van der Waals surface area contributed by atoms with Crippen LogP contribution in [0.5, 0.6) is 5.75 Å². The average Bonchev–Trinajstić information content (AvgIpc) is 3.15. The van der Waals surface area contributed by atoms with Gasteiger partial charge in [-0.2, -0.15) is 5.26 Å². The molecule has 0 bridgehead atoms. The molecule has 1 aliphatic rings. The van der Waals surface area contributed by atoms with Crippen LogP contribution in [0.2, 0.25) is 5.02 Å². The predicted molar refractivity (Wildman–Crippen MR) is 70.7 cm³/mol. The van der Waals surface area contributed by atoms with E-state index in [-0.39, 0.29) is 0 Å². The summed E-state index contributed by atoms with van der Waals surface area (Å²) in [6.45, 7) is 0.856. The minimum Gasteiger partial charge on any atom is -0.410 e. The van der Waals surface area contributed by atoms with Gasteiger partial charge in [0.2, 0.25) is 0 Å². The van der Waals surface area contributed by atoms with Crippen LogP contribution in [0.25, 0.3) is 0 Å². The number of primary amides is 1. The van der Waals surface area contributed by atoms with Crippen molar-refractivity contribution in [2.24, 2.45) is 5.73 Å². The largest absolute Gasteiger partial charge is 0.410 e. The average molecular weight is 280 g/mol. The lowest BCUT2D eigenvalue weighted by molar-refractivity contribution is 0.209. The highest BCUT2D eigenvalue weighted by atomic mass is 35.5. The second-order valence-electron chi connectivity index (χ2n) is 4.47. The van der Waals surface area contributed by atoms with Gasteiger partial charge in [-0.05, 0) is 31.0 Å². The first-order valence-corrected chi connectivity index (χ1v) is 6.34. The van der Waals surface area contributed by atoms with E-state index in [0.29, 0.717) is 29.9 Å². The minimum absolute atomic E-state index is 0.340. The summed E-state index contributed by atoms with van der Waals surface area (Å²) in [5.74, 6) is 0.389. The van der Waals surface area contributed by atoms with Crippen molar-refractivity contribution in [1.29, 1.82) is 5.26 Å². The van der Waals surface area contributed by atoms with Gasteiger partial charge in [0.05, 0.1) is 12.6 Å². The molecule has 0 aliphatic heterocycles. The molecule has 1 aromatic rings. The number of rotatable bonds is 5. The van der Waals surface area contributed by atoms with E-state index in [9.17, 15) is 4.79 Å². The van der Waals surface area contributed by atoms with Crippen LogP contribution in [0.15, 0.2) is 18.2 Å². The summed E-state index contributed by atoms with van der Waals surface area (Å²) in [6, 6.07) is 7.55. The van der Waals surface area contributed by atoms with Crippen LogP contribution in [0.3, 0.4) is 0 Å². The Balaban J connectivity index is 2.18. The monoisotopic (exact) mass is 279 g/mol. The number of nitriles is 1. The van der Waals surface area contributed by atoms with Crippen LogP contribution in [0.1, 0.15) is 18.4 Å². The van der Waals surface area contributed by atoms with Crippen molar-refractivity contribution >= 4 is 17.7 Å². The smallest absolute Gasteiger partial charge is 0.409 e. The molecule has 1 fully saturated rings. The molecule has 0 radical (unpaired) electrons. The van der Waals surface area contributed by atoms with Crippen LogP contribution >= 0.6 is 11.6 Å². The maximum Gasteiger partial charge on any atom is 0.409 e. The van der Waals surface area contributed by atoms with Gasteiger partial charge < -0.3 is 10.5 Å². The van der Waals surface area contributed by atoms with E-state index < -0.39 is 6.09 Å². The van der Waals surface area contributed by atoms with Crippen molar-refractivity contribution < 1.29 is 9.53 Å². The maximum atomic E-state index is 10.9. The second-order valence-corrected chi connectivity index (χ2v) is 4.90. The van der Waals surface area contributed by atoms with Gasteiger partial charge in [-0.25, -0.2) is 4.79 Å². The molecule has 0 heterocycles. The fraction of sp³-hybridized carbons (Fsp3) is 0.385. The number of ether oxygens (including phenoxy) is 1. The molecule has 1 aromatic carbocycles. The molecule has 0 atom stereocenters. The Labute approximate surface area is 116 Å². The number of halogens is 1. The number of carbonyl (C=O) groups is 1. The molecule has 5 nitrogen and oxygen atoms in total. The molecule has 0 saturated heterocycles. The highest BCUT2D eigenvalue weighted by molar-refractivity contribution is 6.30. The third-order valence-electron chi connectivity index (χ3n) is 2.94. The van der Waals surface area contributed by atoms with Gasteiger partial charge in [-0.15, -0.1) is 0 Å². The Morgan fingerprint density at radius 3 is 2.89 bits per heavy atom. The Kier molecular flexibility index (Phi) is 4.25. The number of nitrogens with two attached hydrogens (primary N) is 1. The van der Waals surface area contributed by atoms with Gasteiger partial charge in [0, 0.05) is 23.2 Å². The summed E-state index contributed by atoms with van der Waals surface area (Å²) < 4.78 is 4.95. The highest BCUT2D eigenvalue weighted by Crippen LogP contribution is 2.31. The first kappa shape index (κ1) is 13.7. The van der Waals surface area contributed by atoms with Crippen molar-refractivity contribution in [2.75, 3.05) is 6.54 Å². The lowest BCUT2D eigenvalue weighted by Gasteiger charge is -2.20. The van der Waals surface area contributed by atoms with E-state index in [4.69, 9.17) is 27.3 Å². The summed E-state index contributed by atoms with van der Waals surface area (Å²) in [7, 11) is 0. The van der Waals surface area contributed by atoms with Crippen molar-refractivity contribution in [3.63, 3.8) is 0 Å². The topological polar surface area (TPSA) is 79.3 Å². The number of hydrogen-bond donors (Lipinski definition) is 1. The van der Waals surface area contributed by atoms with Crippen LogP contribution in [-0.4, -0.2) is 23.6 Å². The summed E-state index contributed by atoms with van der Waals surface area (Å²) in [5, 5.41) is 9.39. The zero-order chi connectivity index (χ0) is 13.8. The number of amides is 1. The van der Waals surface area contributed by atoms with Crippen LogP contribution in [0, 0.1) is 11.3 Å². The van der Waals surface area contributed by atoms with Gasteiger partial charge in [-0.1, -0.05) is 11.6 Å². The maximum absolute atomic E-state index is 10.9. The quantitative estimate of drug-likeness (QED) is 0.839. The first-order valence-electron chi connectivity index (χ1n) is 5.97. The normalized spacial score (nSPS) is 14.2. The standard InChI is InChI=1S/C13H14ClN3O2/c14-10-1-4-12(19-13(16)18)9(7-10)8-17(6-5-15)11-2-3-11/h1,4,7,11H,2-3,6,8H2,(H2,16,18). The summed E-state index contributed by atoms with van der Waals surface area (Å²) in [6.07, 6.45) is 1.32. The highest BCUT2D eigenvalue weighted by Gasteiger charge is 2.29.